The predicted octanol–water partition coefficient (Wildman–Crippen LogP) is 13.8. The topological polar surface area (TPSA) is 8.17 Å². The third kappa shape index (κ3) is 4.86. The van der Waals surface area contributed by atoms with Crippen LogP contribution >= 0.6 is 0 Å². The van der Waals surface area contributed by atoms with Crippen LogP contribution in [0.4, 0.5) is 11.4 Å². The number of benzene rings is 7. The van der Waals surface area contributed by atoms with Gasteiger partial charge in [-0.1, -0.05) is 147 Å². The van der Waals surface area contributed by atoms with Crippen LogP contribution in [0.25, 0.3) is 59.8 Å². The molecule has 52 heavy (non-hydrogen) atoms. The van der Waals surface area contributed by atoms with E-state index in [4.69, 9.17) is 0 Å². The van der Waals surface area contributed by atoms with Gasteiger partial charge in [0.05, 0.1) is 16.7 Å². The molecule has 2 aliphatic rings. The zero-order valence-electron chi connectivity index (χ0n) is 29.6. The summed E-state index contributed by atoms with van der Waals surface area (Å²) in [5, 5.41) is 10.2. The maximum absolute atomic E-state index is 2.49. The van der Waals surface area contributed by atoms with Gasteiger partial charge in [0.15, 0.2) is 0 Å². The molecule has 2 aliphatic carbocycles. The Morgan fingerprint density at radius 3 is 2.12 bits per heavy atom. The number of allylic oxidation sites excluding steroid dienone is 7. The predicted molar refractivity (Wildman–Crippen MR) is 223 cm³/mol. The average Bonchev–Trinajstić information content (AvgIpc) is 3.54. The van der Waals surface area contributed by atoms with Crippen LogP contribution in [0.1, 0.15) is 26.7 Å². The monoisotopic (exact) mass is 668 g/mol. The molecule has 10 rings (SSSR count). The van der Waals surface area contributed by atoms with Gasteiger partial charge < -0.3 is 9.47 Å². The summed E-state index contributed by atoms with van der Waals surface area (Å²) in [6, 6.07) is 51.3. The van der Waals surface area contributed by atoms with Gasteiger partial charge in [-0.25, -0.2) is 0 Å². The molecular formula is C50H40N2. The van der Waals surface area contributed by atoms with Gasteiger partial charge in [-0.05, 0) is 99.1 Å². The average molecular weight is 669 g/mol. The van der Waals surface area contributed by atoms with E-state index in [2.05, 4.69) is 199 Å². The van der Waals surface area contributed by atoms with Crippen molar-refractivity contribution in [1.82, 2.24) is 4.57 Å². The van der Waals surface area contributed by atoms with E-state index in [0.717, 1.165) is 29.9 Å². The third-order valence-corrected chi connectivity index (χ3v) is 11.5. The molecule has 2 nitrogen and oxygen atoms in total. The molecular weight excluding hydrogens is 629 g/mol. The fourth-order valence-corrected chi connectivity index (χ4v) is 8.66. The highest BCUT2D eigenvalue weighted by atomic mass is 15.2. The van der Waals surface area contributed by atoms with E-state index in [1.807, 2.05) is 0 Å². The third-order valence-electron chi connectivity index (χ3n) is 11.5. The van der Waals surface area contributed by atoms with E-state index in [1.165, 1.54) is 65.4 Å². The Morgan fingerprint density at radius 1 is 0.615 bits per heavy atom. The van der Waals surface area contributed by atoms with Crippen LogP contribution in [-0.2, 0) is 0 Å². The van der Waals surface area contributed by atoms with Gasteiger partial charge in [-0.15, -0.1) is 0 Å². The van der Waals surface area contributed by atoms with Crippen molar-refractivity contribution in [1.29, 1.82) is 0 Å². The zero-order chi connectivity index (χ0) is 34.8. The van der Waals surface area contributed by atoms with Crippen LogP contribution in [0.3, 0.4) is 0 Å². The van der Waals surface area contributed by atoms with Crippen molar-refractivity contribution in [2.45, 2.75) is 26.7 Å². The molecule has 1 heterocycles. The number of nitrogens with zero attached hydrogens (tertiary/aromatic N) is 2. The highest BCUT2D eigenvalue weighted by Gasteiger charge is 2.30. The summed E-state index contributed by atoms with van der Waals surface area (Å²) in [5.41, 5.74) is 8.44. The van der Waals surface area contributed by atoms with Crippen molar-refractivity contribution in [3.05, 3.63) is 187 Å². The van der Waals surface area contributed by atoms with Gasteiger partial charge in [0.25, 0.3) is 0 Å². The van der Waals surface area contributed by atoms with Crippen molar-refractivity contribution in [2.75, 3.05) is 4.90 Å². The maximum Gasteiger partial charge on any atom is 0.0782 e. The van der Waals surface area contributed by atoms with E-state index in [-0.39, 0.29) is 5.41 Å². The second-order valence-electron chi connectivity index (χ2n) is 14.9. The number of hydrogen-bond donors (Lipinski definition) is 0. The fraction of sp³-hybridized carbons (Fsp3) is 0.120. The lowest BCUT2D eigenvalue weighted by molar-refractivity contribution is 0.517. The van der Waals surface area contributed by atoms with Gasteiger partial charge in [0.2, 0.25) is 0 Å². The Morgan fingerprint density at radius 2 is 1.33 bits per heavy atom. The Hall–Kier alpha value is -6.12. The van der Waals surface area contributed by atoms with Gasteiger partial charge in [0, 0.05) is 33.3 Å². The molecule has 7 aromatic carbocycles. The van der Waals surface area contributed by atoms with Crippen LogP contribution in [0.5, 0.6) is 0 Å². The molecule has 0 saturated heterocycles. The number of aromatic nitrogens is 1. The molecule has 0 radical (unpaired) electrons. The summed E-state index contributed by atoms with van der Waals surface area (Å²) in [5.74, 6) is 0.599. The molecule has 0 fully saturated rings. The summed E-state index contributed by atoms with van der Waals surface area (Å²) in [4.78, 5) is 2.49. The molecule has 2 atom stereocenters. The molecule has 250 valence electrons. The molecule has 2 unspecified atom stereocenters. The summed E-state index contributed by atoms with van der Waals surface area (Å²) >= 11 is 0. The van der Waals surface area contributed by atoms with Crippen molar-refractivity contribution in [3.63, 3.8) is 0 Å². The first kappa shape index (κ1) is 30.7. The second kappa shape index (κ2) is 12.0. The molecule has 0 amide bonds. The minimum atomic E-state index is -0.0399. The Labute approximate surface area is 304 Å². The van der Waals surface area contributed by atoms with Gasteiger partial charge >= 0.3 is 0 Å². The Balaban J connectivity index is 1.20. The lowest BCUT2D eigenvalue weighted by atomic mass is 9.74. The standard InChI is InChI=1S/C50H40N2/c1-34-19-23-37(24-20-34)50(2)31-29-39(30-32-50)51(40-25-28-42-36(33-40)22-27-43-41-14-7-6-11-35(41)21-26-44(42)43)48-18-10-16-46-45-15-8-9-17-47(45)52(49(46)48)38-12-4-3-5-13-38/h3-19,21-31,33-34H,20,32H2,1-2H3. The summed E-state index contributed by atoms with van der Waals surface area (Å²) in [6.07, 6.45) is 16.5. The normalized spacial score (nSPS) is 18.8. The van der Waals surface area contributed by atoms with E-state index in [9.17, 15) is 0 Å². The first-order chi connectivity index (χ1) is 25.6. The van der Waals surface area contributed by atoms with Gasteiger partial charge in [0.1, 0.15) is 0 Å². The molecule has 2 heteroatoms. The summed E-state index contributed by atoms with van der Waals surface area (Å²) in [7, 11) is 0. The lowest BCUT2D eigenvalue weighted by Gasteiger charge is -2.35. The molecule has 0 aliphatic heterocycles. The van der Waals surface area contributed by atoms with Gasteiger partial charge in [-0.2, -0.15) is 0 Å². The van der Waals surface area contributed by atoms with Crippen LogP contribution in [0.15, 0.2) is 187 Å². The fourth-order valence-electron chi connectivity index (χ4n) is 8.66. The van der Waals surface area contributed by atoms with Gasteiger partial charge in [-0.3, -0.25) is 0 Å². The highest BCUT2D eigenvalue weighted by molar-refractivity contribution is 6.18. The molecule has 1 aromatic heterocycles. The smallest absolute Gasteiger partial charge is 0.0782 e. The number of hydrogen-bond acceptors (Lipinski definition) is 1. The first-order valence-corrected chi connectivity index (χ1v) is 18.6. The lowest BCUT2D eigenvalue weighted by Crippen LogP contribution is -2.23. The molecule has 0 bridgehead atoms. The van der Waals surface area contributed by atoms with Crippen molar-refractivity contribution in [2.24, 2.45) is 11.3 Å². The largest absolute Gasteiger partial charge is 0.309 e. The second-order valence-corrected chi connectivity index (χ2v) is 14.9. The number of rotatable bonds is 5. The molecule has 0 spiro atoms. The van der Waals surface area contributed by atoms with Crippen LogP contribution in [0.2, 0.25) is 0 Å². The minimum absolute atomic E-state index is 0.0399. The highest BCUT2D eigenvalue weighted by Crippen LogP contribution is 2.46. The zero-order valence-corrected chi connectivity index (χ0v) is 29.6. The first-order valence-electron chi connectivity index (χ1n) is 18.6. The van der Waals surface area contributed by atoms with E-state index < -0.39 is 0 Å². The van der Waals surface area contributed by atoms with Crippen molar-refractivity contribution in [3.8, 4) is 5.69 Å². The van der Waals surface area contributed by atoms with Crippen LogP contribution in [0, 0.1) is 11.3 Å². The molecule has 8 aromatic rings. The van der Waals surface area contributed by atoms with Crippen LogP contribution in [-0.4, -0.2) is 4.57 Å². The van der Waals surface area contributed by atoms with Crippen LogP contribution < -0.4 is 4.90 Å². The summed E-state index contributed by atoms with van der Waals surface area (Å²) < 4.78 is 2.45. The van der Waals surface area contributed by atoms with E-state index in [0.29, 0.717) is 5.92 Å². The Kier molecular flexibility index (Phi) is 7.08. The SMILES string of the molecule is CC1C=CC(C2(C)C=CC(N(c3ccc4c(ccc5c6ccccc6ccc45)c3)c3cccc4c5ccccc5n(-c5ccccc5)c34)=CC2)=CC1. The maximum atomic E-state index is 2.49. The minimum Gasteiger partial charge on any atom is -0.309 e. The molecule has 0 N–H and O–H groups in total. The summed E-state index contributed by atoms with van der Waals surface area (Å²) in [6.45, 7) is 4.68. The number of anilines is 2. The quantitative estimate of drug-likeness (QED) is 0.166. The van der Waals surface area contributed by atoms with Crippen molar-refractivity contribution >= 4 is 65.5 Å². The number of para-hydroxylation sites is 3. The van der Waals surface area contributed by atoms with E-state index >= 15 is 0 Å². The van der Waals surface area contributed by atoms with E-state index in [1.54, 1.807) is 0 Å². The van der Waals surface area contributed by atoms with Crippen molar-refractivity contribution < 1.29 is 0 Å². The molecule has 0 saturated carbocycles. The Bertz CT molecular complexity index is 2830. The number of fused-ring (bicyclic) bond motifs is 8.